The first kappa shape index (κ1) is 15.0. The number of carbonyl (C=O) groups is 1. The van der Waals surface area contributed by atoms with Crippen LogP contribution in [0, 0.1) is 12.8 Å². The van der Waals surface area contributed by atoms with Gasteiger partial charge in [-0.3, -0.25) is 4.79 Å². The first-order valence-electron chi connectivity index (χ1n) is 8.14. The van der Waals surface area contributed by atoms with E-state index >= 15 is 0 Å². The van der Waals surface area contributed by atoms with Crippen molar-refractivity contribution < 1.29 is 4.79 Å². The summed E-state index contributed by atoms with van der Waals surface area (Å²) in [6.07, 6.45) is 6.97. The fourth-order valence-electron chi connectivity index (χ4n) is 3.78. The maximum absolute atomic E-state index is 12.1. The van der Waals surface area contributed by atoms with E-state index < -0.39 is 0 Å². The van der Waals surface area contributed by atoms with Crippen LogP contribution in [0.25, 0.3) is 0 Å². The highest BCUT2D eigenvalue weighted by molar-refractivity contribution is 7.09. The van der Waals surface area contributed by atoms with Crippen LogP contribution in [0.3, 0.4) is 0 Å². The van der Waals surface area contributed by atoms with Crippen LogP contribution in [-0.4, -0.2) is 41.5 Å². The average Bonchev–Trinajstić information content (AvgIpc) is 2.90. The number of aromatic nitrogens is 1. The van der Waals surface area contributed by atoms with E-state index in [0.29, 0.717) is 18.4 Å². The molecule has 2 aliphatic heterocycles. The van der Waals surface area contributed by atoms with Gasteiger partial charge in [0.05, 0.1) is 17.1 Å². The van der Waals surface area contributed by atoms with Crippen LogP contribution in [0.4, 0.5) is 0 Å². The number of nitrogens with one attached hydrogen (secondary N) is 1. The maximum atomic E-state index is 12.1. The lowest BCUT2D eigenvalue weighted by molar-refractivity contribution is -0.120. The number of thiazole rings is 1. The Bertz CT molecular complexity index is 486. The average molecular weight is 307 g/mol. The first-order chi connectivity index (χ1) is 10.2. The molecule has 5 heteroatoms. The molecule has 3 heterocycles. The molecule has 2 saturated heterocycles. The zero-order valence-electron chi connectivity index (χ0n) is 12.8. The summed E-state index contributed by atoms with van der Waals surface area (Å²) in [5, 5.41) is 6.16. The third kappa shape index (κ3) is 3.83. The standard InChI is InChI=1S/C16H25N3OS/c1-12-18-14(11-21-12)9-16(20)17-10-13-5-4-8-19-7-3-2-6-15(13)19/h11,13,15H,2-10H2,1H3,(H,17,20)/t13-,15-/m0/s1. The summed E-state index contributed by atoms with van der Waals surface area (Å²) in [7, 11) is 0. The molecule has 3 rings (SSSR count). The topological polar surface area (TPSA) is 45.2 Å². The van der Waals surface area contributed by atoms with E-state index in [0.717, 1.165) is 17.2 Å². The molecule has 2 fully saturated rings. The molecule has 0 bridgehead atoms. The molecule has 1 amide bonds. The molecule has 1 N–H and O–H groups in total. The predicted octanol–water partition coefficient (Wildman–Crippen LogP) is 2.37. The monoisotopic (exact) mass is 307 g/mol. The van der Waals surface area contributed by atoms with Crippen molar-refractivity contribution in [3.8, 4) is 0 Å². The van der Waals surface area contributed by atoms with E-state index in [2.05, 4.69) is 15.2 Å². The highest BCUT2D eigenvalue weighted by Gasteiger charge is 2.32. The van der Waals surface area contributed by atoms with Gasteiger partial charge in [-0.15, -0.1) is 11.3 Å². The zero-order valence-corrected chi connectivity index (χ0v) is 13.6. The van der Waals surface area contributed by atoms with Crippen molar-refractivity contribution in [3.63, 3.8) is 0 Å². The number of rotatable bonds is 4. The number of aryl methyl sites for hydroxylation is 1. The quantitative estimate of drug-likeness (QED) is 0.929. The molecule has 0 spiro atoms. The minimum Gasteiger partial charge on any atom is -0.355 e. The van der Waals surface area contributed by atoms with Gasteiger partial charge in [0, 0.05) is 18.0 Å². The van der Waals surface area contributed by atoms with E-state index in [1.165, 1.54) is 45.2 Å². The fourth-order valence-corrected chi connectivity index (χ4v) is 4.39. The molecular formula is C16H25N3OS. The summed E-state index contributed by atoms with van der Waals surface area (Å²) >= 11 is 1.61. The number of carbonyl (C=O) groups excluding carboxylic acids is 1. The van der Waals surface area contributed by atoms with Gasteiger partial charge in [0.2, 0.25) is 5.91 Å². The van der Waals surface area contributed by atoms with Crippen LogP contribution in [0.1, 0.15) is 42.8 Å². The Morgan fingerprint density at radius 1 is 1.38 bits per heavy atom. The molecule has 2 aliphatic rings. The third-order valence-electron chi connectivity index (χ3n) is 4.80. The molecular weight excluding hydrogens is 282 g/mol. The molecule has 4 nitrogen and oxygen atoms in total. The minimum absolute atomic E-state index is 0.119. The van der Waals surface area contributed by atoms with Crippen LogP contribution in [0.2, 0.25) is 0 Å². The van der Waals surface area contributed by atoms with Gasteiger partial charge < -0.3 is 10.2 Å². The zero-order chi connectivity index (χ0) is 14.7. The maximum Gasteiger partial charge on any atom is 0.226 e. The second-order valence-corrected chi connectivity index (χ2v) is 7.40. The molecule has 1 aromatic heterocycles. The van der Waals surface area contributed by atoms with Gasteiger partial charge in [-0.05, 0) is 51.6 Å². The van der Waals surface area contributed by atoms with Crippen LogP contribution in [0.15, 0.2) is 5.38 Å². The molecule has 0 saturated carbocycles. The Labute approximate surface area is 130 Å². The Morgan fingerprint density at radius 2 is 2.24 bits per heavy atom. The van der Waals surface area contributed by atoms with Crippen LogP contribution in [0.5, 0.6) is 0 Å². The number of hydrogen-bond acceptors (Lipinski definition) is 4. The van der Waals surface area contributed by atoms with Crippen LogP contribution < -0.4 is 5.32 Å². The number of amides is 1. The second-order valence-electron chi connectivity index (χ2n) is 6.34. The summed E-state index contributed by atoms with van der Waals surface area (Å²) in [6.45, 7) is 5.33. The van der Waals surface area contributed by atoms with Gasteiger partial charge in [0.15, 0.2) is 0 Å². The number of hydrogen-bond donors (Lipinski definition) is 1. The van der Waals surface area contributed by atoms with Gasteiger partial charge in [-0.25, -0.2) is 4.98 Å². The Morgan fingerprint density at radius 3 is 3.05 bits per heavy atom. The van der Waals surface area contributed by atoms with E-state index in [9.17, 15) is 4.79 Å². The second kappa shape index (κ2) is 6.88. The smallest absolute Gasteiger partial charge is 0.226 e. The summed E-state index contributed by atoms with van der Waals surface area (Å²) in [4.78, 5) is 19.1. The van der Waals surface area contributed by atoms with Crippen molar-refractivity contribution in [1.82, 2.24) is 15.2 Å². The third-order valence-corrected chi connectivity index (χ3v) is 5.62. The first-order valence-corrected chi connectivity index (χ1v) is 9.02. The van der Waals surface area contributed by atoms with Crippen molar-refractivity contribution in [2.45, 2.75) is 51.5 Å². The van der Waals surface area contributed by atoms with Crippen molar-refractivity contribution in [2.24, 2.45) is 5.92 Å². The highest BCUT2D eigenvalue weighted by Crippen LogP contribution is 2.30. The Balaban J connectivity index is 1.48. The van der Waals surface area contributed by atoms with Crippen LogP contribution in [-0.2, 0) is 11.2 Å². The van der Waals surface area contributed by atoms with Crippen molar-refractivity contribution >= 4 is 17.2 Å². The van der Waals surface area contributed by atoms with Crippen LogP contribution >= 0.6 is 11.3 Å². The Kier molecular flexibility index (Phi) is 4.91. The summed E-state index contributed by atoms with van der Waals surface area (Å²) in [5.41, 5.74) is 0.901. The molecule has 0 radical (unpaired) electrons. The van der Waals surface area contributed by atoms with Crippen molar-refractivity contribution in [2.75, 3.05) is 19.6 Å². The lowest BCUT2D eigenvalue weighted by Gasteiger charge is -2.44. The van der Waals surface area contributed by atoms with E-state index in [4.69, 9.17) is 0 Å². The van der Waals surface area contributed by atoms with E-state index in [-0.39, 0.29) is 5.91 Å². The van der Waals surface area contributed by atoms with Gasteiger partial charge in [0.25, 0.3) is 0 Å². The highest BCUT2D eigenvalue weighted by atomic mass is 32.1. The molecule has 21 heavy (non-hydrogen) atoms. The van der Waals surface area contributed by atoms with Gasteiger partial charge >= 0.3 is 0 Å². The predicted molar refractivity (Wildman–Crippen MR) is 85.5 cm³/mol. The molecule has 0 aliphatic carbocycles. The lowest BCUT2D eigenvalue weighted by Crippen LogP contribution is -2.51. The number of piperidine rings is 2. The summed E-state index contributed by atoms with van der Waals surface area (Å²) in [6, 6.07) is 0.703. The summed E-state index contributed by atoms with van der Waals surface area (Å²) < 4.78 is 0. The van der Waals surface area contributed by atoms with Gasteiger partial charge in [-0.2, -0.15) is 0 Å². The number of fused-ring (bicyclic) bond motifs is 1. The normalized spacial score (nSPS) is 26.3. The molecule has 116 valence electrons. The van der Waals surface area contributed by atoms with Gasteiger partial charge in [0.1, 0.15) is 0 Å². The molecule has 0 aromatic carbocycles. The Hall–Kier alpha value is -0.940. The number of nitrogens with zero attached hydrogens (tertiary/aromatic N) is 2. The molecule has 1 aromatic rings. The minimum atomic E-state index is 0.119. The molecule has 2 atom stereocenters. The lowest BCUT2D eigenvalue weighted by atomic mass is 9.83. The summed E-state index contributed by atoms with van der Waals surface area (Å²) in [5.74, 6) is 0.758. The SMILES string of the molecule is Cc1nc(CC(=O)NC[C@@H]2CCCN3CCCC[C@@H]23)cs1. The van der Waals surface area contributed by atoms with Crippen molar-refractivity contribution in [3.05, 3.63) is 16.1 Å². The fraction of sp³-hybridized carbons (Fsp3) is 0.750. The van der Waals surface area contributed by atoms with E-state index in [1.54, 1.807) is 11.3 Å². The molecule has 0 unspecified atom stereocenters. The van der Waals surface area contributed by atoms with Gasteiger partial charge in [-0.1, -0.05) is 6.42 Å². The van der Waals surface area contributed by atoms with Crippen molar-refractivity contribution in [1.29, 1.82) is 0 Å². The van der Waals surface area contributed by atoms with E-state index in [1.807, 2.05) is 12.3 Å². The largest absolute Gasteiger partial charge is 0.355 e.